The highest BCUT2D eigenvalue weighted by molar-refractivity contribution is 7.14. The summed E-state index contributed by atoms with van der Waals surface area (Å²) in [6.45, 7) is 2.40. The zero-order valence-electron chi connectivity index (χ0n) is 12.7. The first kappa shape index (κ1) is 15.2. The number of amides is 1. The number of nitrogens with zero attached hydrogens (tertiary/aromatic N) is 1. The van der Waals surface area contributed by atoms with Gasteiger partial charge in [-0.2, -0.15) is 0 Å². The molecule has 0 radical (unpaired) electrons. The maximum absolute atomic E-state index is 12.4. The van der Waals surface area contributed by atoms with Crippen LogP contribution in [0.5, 0.6) is 5.75 Å². The van der Waals surface area contributed by atoms with Crippen molar-refractivity contribution in [1.82, 2.24) is 4.98 Å². The van der Waals surface area contributed by atoms with E-state index in [1.165, 1.54) is 11.3 Å². The molecule has 0 spiro atoms. The minimum Gasteiger partial charge on any atom is -0.493 e. The van der Waals surface area contributed by atoms with E-state index < -0.39 is 0 Å². The molecule has 1 N–H and O–H groups in total. The Hall–Kier alpha value is -2.66. The highest BCUT2D eigenvalue weighted by Gasteiger charge is 2.14. The van der Waals surface area contributed by atoms with Crippen molar-refractivity contribution >= 4 is 22.4 Å². The average Bonchev–Trinajstić information content (AvgIpc) is 3.05. The molecule has 116 valence electrons. The molecule has 4 nitrogen and oxygen atoms in total. The SMILES string of the molecule is CCOc1ccccc1C(=O)Nc1nc(-c2ccccc2)cs1. The van der Waals surface area contributed by atoms with Crippen molar-refractivity contribution in [3.05, 3.63) is 65.5 Å². The van der Waals surface area contributed by atoms with Crippen LogP contribution < -0.4 is 10.1 Å². The highest BCUT2D eigenvalue weighted by Crippen LogP contribution is 2.26. The summed E-state index contributed by atoms with van der Waals surface area (Å²) in [5, 5.41) is 5.34. The summed E-state index contributed by atoms with van der Waals surface area (Å²) in [6.07, 6.45) is 0. The first-order valence-corrected chi connectivity index (χ1v) is 8.20. The van der Waals surface area contributed by atoms with Gasteiger partial charge in [-0.1, -0.05) is 42.5 Å². The van der Waals surface area contributed by atoms with Crippen LogP contribution in [0.2, 0.25) is 0 Å². The number of ether oxygens (including phenoxy) is 1. The summed E-state index contributed by atoms with van der Waals surface area (Å²) in [4.78, 5) is 16.9. The Morgan fingerprint density at radius 3 is 2.65 bits per heavy atom. The molecule has 1 heterocycles. The molecule has 2 aromatic carbocycles. The highest BCUT2D eigenvalue weighted by atomic mass is 32.1. The van der Waals surface area contributed by atoms with Crippen LogP contribution in [0.1, 0.15) is 17.3 Å². The van der Waals surface area contributed by atoms with Gasteiger partial charge in [0.05, 0.1) is 17.9 Å². The number of benzene rings is 2. The molecule has 0 unspecified atom stereocenters. The molecule has 1 amide bonds. The molecule has 3 aromatic rings. The Kier molecular flexibility index (Phi) is 4.68. The van der Waals surface area contributed by atoms with Crippen molar-refractivity contribution in [3.63, 3.8) is 0 Å². The van der Waals surface area contributed by atoms with Crippen LogP contribution in [0.3, 0.4) is 0 Å². The molecule has 0 fully saturated rings. The van der Waals surface area contributed by atoms with E-state index in [0.29, 0.717) is 23.1 Å². The Morgan fingerprint density at radius 1 is 1.13 bits per heavy atom. The number of para-hydroxylation sites is 1. The number of nitrogens with one attached hydrogen (secondary N) is 1. The van der Waals surface area contributed by atoms with E-state index in [2.05, 4.69) is 10.3 Å². The maximum atomic E-state index is 12.4. The number of hydrogen-bond acceptors (Lipinski definition) is 4. The second-order valence-corrected chi connectivity index (χ2v) is 5.65. The normalized spacial score (nSPS) is 10.3. The van der Waals surface area contributed by atoms with Crippen LogP contribution >= 0.6 is 11.3 Å². The number of anilines is 1. The lowest BCUT2D eigenvalue weighted by molar-refractivity contribution is 0.102. The summed E-state index contributed by atoms with van der Waals surface area (Å²) in [5.74, 6) is 0.357. The van der Waals surface area contributed by atoms with Crippen molar-refractivity contribution in [2.24, 2.45) is 0 Å². The Morgan fingerprint density at radius 2 is 1.87 bits per heavy atom. The zero-order chi connectivity index (χ0) is 16.1. The molecule has 5 heteroatoms. The van der Waals surface area contributed by atoms with Crippen molar-refractivity contribution in [2.75, 3.05) is 11.9 Å². The molecule has 0 bridgehead atoms. The lowest BCUT2D eigenvalue weighted by atomic mass is 10.2. The number of carbonyl (C=O) groups is 1. The largest absolute Gasteiger partial charge is 0.493 e. The molecule has 0 saturated heterocycles. The Balaban J connectivity index is 1.78. The van der Waals surface area contributed by atoms with Gasteiger partial charge >= 0.3 is 0 Å². The summed E-state index contributed by atoms with van der Waals surface area (Å²) < 4.78 is 5.49. The van der Waals surface area contributed by atoms with E-state index in [4.69, 9.17) is 4.74 Å². The number of rotatable bonds is 5. The fourth-order valence-electron chi connectivity index (χ4n) is 2.17. The fourth-order valence-corrected chi connectivity index (χ4v) is 2.89. The molecule has 3 rings (SSSR count). The minimum atomic E-state index is -0.219. The van der Waals surface area contributed by atoms with Crippen molar-refractivity contribution < 1.29 is 9.53 Å². The molecule has 1 aromatic heterocycles. The maximum Gasteiger partial charge on any atom is 0.261 e. The molecular weight excluding hydrogens is 308 g/mol. The topological polar surface area (TPSA) is 51.2 Å². The fraction of sp³-hybridized carbons (Fsp3) is 0.111. The van der Waals surface area contributed by atoms with Crippen molar-refractivity contribution in [3.8, 4) is 17.0 Å². The summed E-state index contributed by atoms with van der Waals surface area (Å²) in [6, 6.07) is 17.1. The summed E-state index contributed by atoms with van der Waals surface area (Å²) in [5.41, 5.74) is 2.38. The predicted octanol–water partition coefficient (Wildman–Crippen LogP) is 4.46. The first-order valence-electron chi connectivity index (χ1n) is 7.32. The van der Waals surface area contributed by atoms with Gasteiger partial charge in [-0.25, -0.2) is 4.98 Å². The molecule has 23 heavy (non-hydrogen) atoms. The standard InChI is InChI=1S/C18H16N2O2S/c1-2-22-16-11-7-6-10-14(16)17(21)20-18-19-15(12-23-18)13-8-4-3-5-9-13/h3-12H,2H2,1H3,(H,19,20,21). The van der Waals surface area contributed by atoms with Gasteiger partial charge in [0.2, 0.25) is 0 Å². The molecule has 0 aliphatic carbocycles. The number of thiazole rings is 1. The van der Waals surface area contributed by atoms with Crippen LogP contribution in [0.15, 0.2) is 60.0 Å². The van der Waals surface area contributed by atoms with Crippen LogP contribution in [-0.2, 0) is 0 Å². The van der Waals surface area contributed by atoms with Gasteiger partial charge < -0.3 is 4.74 Å². The minimum absolute atomic E-state index is 0.219. The van der Waals surface area contributed by atoms with Gasteiger partial charge in [0.15, 0.2) is 5.13 Å². The zero-order valence-corrected chi connectivity index (χ0v) is 13.5. The third kappa shape index (κ3) is 3.57. The van der Waals surface area contributed by atoms with E-state index in [1.54, 1.807) is 12.1 Å². The van der Waals surface area contributed by atoms with E-state index in [0.717, 1.165) is 11.3 Å². The molecular formula is C18H16N2O2S. The molecule has 0 atom stereocenters. The number of carbonyl (C=O) groups excluding carboxylic acids is 1. The van der Waals surface area contributed by atoms with Crippen LogP contribution in [-0.4, -0.2) is 17.5 Å². The van der Waals surface area contributed by atoms with Gasteiger partial charge in [0.25, 0.3) is 5.91 Å². The molecule has 0 saturated carbocycles. The second kappa shape index (κ2) is 7.07. The van der Waals surface area contributed by atoms with Gasteiger partial charge in [-0.15, -0.1) is 11.3 Å². The predicted molar refractivity (Wildman–Crippen MR) is 93.1 cm³/mol. The lowest BCUT2D eigenvalue weighted by Gasteiger charge is -2.08. The van der Waals surface area contributed by atoms with Crippen LogP contribution in [0, 0.1) is 0 Å². The summed E-state index contributed by atoms with van der Waals surface area (Å²) in [7, 11) is 0. The Bertz CT molecular complexity index is 800. The third-order valence-corrected chi connectivity index (χ3v) is 3.98. The smallest absolute Gasteiger partial charge is 0.261 e. The number of aromatic nitrogens is 1. The molecule has 0 aliphatic heterocycles. The van der Waals surface area contributed by atoms with Gasteiger partial charge in [0, 0.05) is 10.9 Å². The third-order valence-electron chi connectivity index (χ3n) is 3.23. The van der Waals surface area contributed by atoms with E-state index in [-0.39, 0.29) is 5.91 Å². The van der Waals surface area contributed by atoms with Gasteiger partial charge in [0.1, 0.15) is 5.75 Å². The number of hydrogen-bond donors (Lipinski definition) is 1. The van der Waals surface area contributed by atoms with E-state index in [1.807, 2.05) is 54.8 Å². The van der Waals surface area contributed by atoms with E-state index in [9.17, 15) is 4.79 Å². The lowest BCUT2D eigenvalue weighted by Crippen LogP contribution is -2.13. The van der Waals surface area contributed by atoms with Gasteiger partial charge in [-0.05, 0) is 19.1 Å². The molecule has 0 aliphatic rings. The first-order chi connectivity index (χ1) is 11.3. The average molecular weight is 324 g/mol. The van der Waals surface area contributed by atoms with Gasteiger partial charge in [-0.3, -0.25) is 10.1 Å². The second-order valence-electron chi connectivity index (χ2n) is 4.79. The van der Waals surface area contributed by atoms with Crippen molar-refractivity contribution in [1.29, 1.82) is 0 Å². The Labute approximate surface area is 138 Å². The summed E-state index contributed by atoms with van der Waals surface area (Å²) >= 11 is 1.40. The quantitative estimate of drug-likeness (QED) is 0.754. The van der Waals surface area contributed by atoms with Crippen molar-refractivity contribution in [2.45, 2.75) is 6.92 Å². The van der Waals surface area contributed by atoms with E-state index >= 15 is 0 Å². The monoisotopic (exact) mass is 324 g/mol. The van der Waals surface area contributed by atoms with Crippen LogP contribution in [0.25, 0.3) is 11.3 Å². The van der Waals surface area contributed by atoms with Crippen LogP contribution in [0.4, 0.5) is 5.13 Å².